The second-order valence-corrected chi connectivity index (χ2v) is 3.93. The molecular weight excluding hydrogens is 230 g/mol. The van der Waals surface area contributed by atoms with Crippen LogP contribution in [0.15, 0.2) is 28.8 Å². The Morgan fingerprint density at radius 1 is 1.28 bits per heavy atom. The summed E-state index contributed by atoms with van der Waals surface area (Å²) in [5.74, 6) is 1.86. The summed E-state index contributed by atoms with van der Waals surface area (Å²) in [4.78, 5) is 4.28. The molecule has 2 rings (SSSR count). The first kappa shape index (κ1) is 12.6. The zero-order valence-electron chi connectivity index (χ0n) is 10.6. The van der Waals surface area contributed by atoms with Gasteiger partial charge in [0.1, 0.15) is 5.75 Å². The van der Waals surface area contributed by atoms with E-state index in [4.69, 9.17) is 15.0 Å². The van der Waals surface area contributed by atoms with Crippen molar-refractivity contribution in [2.24, 2.45) is 5.73 Å². The summed E-state index contributed by atoms with van der Waals surface area (Å²) in [5, 5.41) is 3.92. The summed E-state index contributed by atoms with van der Waals surface area (Å²) in [7, 11) is 0. The van der Waals surface area contributed by atoms with Crippen molar-refractivity contribution >= 4 is 0 Å². The van der Waals surface area contributed by atoms with Crippen LogP contribution in [0.1, 0.15) is 32.2 Å². The SMILES string of the molecule is CCOc1ccc(-c2noc(C(N)CC)n2)cc1. The fourth-order valence-electron chi connectivity index (χ4n) is 1.54. The molecule has 0 fully saturated rings. The summed E-state index contributed by atoms with van der Waals surface area (Å²) >= 11 is 0. The van der Waals surface area contributed by atoms with Crippen LogP contribution >= 0.6 is 0 Å². The van der Waals surface area contributed by atoms with Gasteiger partial charge >= 0.3 is 0 Å². The van der Waals surface area contributed by atoms with Crippen molar-refractivity contribution in [3.05, 3.63) is 30.2 Å². The Bertz CT molecular complexity index is 493. The van der Waals surface area contributed by atoms with Gasteiger partial charge in [-0.3, -0.25) is 0 Å². The van der Waals surface area contributed by atoms with E-state index < -0.39 is 0 Å². The molecule has 18 heavy (non-hydrogen) atoms. The van der Waals surface area contributed by atoms with Gasteiger partial charge in [0.25, 0.3) is 0 Å². The van der Waals surface area contributed by atoms with Crippen LogP contribution in [0.3, 0.4) is 0 Å². The van der Waals surface area contributed by atoms with E-state index in [1.165, 1.54) is 0 Å². The zero-order chi connectivity index (χ0) is 13.0. The molecule has 0 radical (unpaired) electrons. The fraction of sp³-hybridized carbons (Fsp3) is 0.385. The summed E-state index contributed by atoms with van der Waals surface area (Å²) in [6.45, 7) is 4.58. The van der Waals surface area contributed by atoms with Crippen LogP contribution in [-0.2, 0) is 0 Å². The average molecular weight is 247 g/mol. The molecular formula is C13H17N3O2. The lowest BCUT2D eigenvalue weighted by molar-refractivity contribution is 0.340. The molecule has 5 heteroatoms. The Morgan fingerprint density at radius 3 is 2.61 bits per heavy atom. The van der Waals surface area contributed by atoms with Crippen molar-refractivity contribution in [2.45, 2.75) is 26.3 Å². The highest BCUT2D eigenvalue weighted by Crippen LogP contribution is 2.21. The Kier molecular flexibility index (Phi) is 3.94. The van der Waals surface area contributed by atoms with Crippen LogP contribution in [-0.4, -0.2) is 16.7 Å². The molecule has 1 aromatic carbocycles. The predicted octanol–water partition coefficient (Wildman–Crippen LogP) is 2.55. The highest BCUT2D eigenvalue weighted by molar-refractivity contribution is 5.55. The highest BCUT2D eigenvalue weighted by Gasteiger charge is 2.13. The molecule has 2 N–H and O–H groups in total. The minimum Gasteiger partial charge on any atom is -0.494 e. The third kappa shape index (κ3) is 2.68. The molecule has 2 aromatic rings. The third-order valence-electron chi connectivity index (χ3n) is 2.62. The van der Waals surface area contributed by atoms with Crippen molar-refractivity contribution in [2.75, 3.05) is 6.61 Å². The van der Waals surface area contributed by atoms with E-state index in [9.17, 15) is 0 Å². The maximum Gasteiger partial charge on any atom is 0.243 e. The van der Waals surface area contributed by atoms with Crippen LogP contribution in [0.5, 0.6) is 5.75 Å². The summed E-state index contributed by atoms with van der Waals surface area (Å²) < 4.78 is 10.5. The van der Waals surface area contributed by atoms with Crippen LogP contribution in [0.2, 0.25) is 0 Å². The van der Waals surface area contributed by atoms with Gasteiger partial charge in [-0.1, -0.05) is 12.1 Å². The van der Waals surface area contributed by atoms with Gasteiger partial charge in [0.15, 0.2) is 0 Å². The smallest absolute Gasteiger partial charge is 0.243 e. The Labute approximate surface area is 106 Å². The number of aromatic nitrogens is 2. The summed E-state index contributed by atoms with van der Waals surface area (Å²) in [6, 6.07) is 7.37. The minimum atomic E-state index is -0.200. The molecule has 96 valence electrons. The maximum atomic E-state index is 5.83. The summed E-state index contributed by atoms with van der Waals surface area (Å²) in [6.07, 6.45) is 0.769. The first-order valence-electron chi connectivity index (χ1n) is 6.07. The van der Waals surface area contributed by atoms with E-state index >= 15 is 0 Å². The third-order valence-corrected chi connectivity index (χ3v) is 2.62. The van der Waals surface area contributed by atoms with Crippen LogP contribution in [0, 0.1) is 0 Å². The molecule has 0 saturated carbocycles. The maximum absolute atomic E-state index is 5.83. The average Bonchev–Trinajstić information content (AvgIpc) is 2.89. The van der Waals surface area contributed by atoms with E-state index in [0.717, 1.165) is 17.7 Å². The molecule has 1 heterocycles. The van der Waals surface area contributed by atoms with E-state index in [-0.39, 0.29) is 6.04 Å². The zero-order valence-corrected chi connectivity index (χ0v) is 10.6. The number of nitrogens with two attached hydrogens (primary N) is 1. The molecule has 1 aromatic heterocycles. The number of hydrogen-bond acceptors (Lipinski definition) is 5. The van der Waals surface area contributed by atoms with Crippen molar-refractivity contribution in [1.29, 1.82) is 0 Å². The first-order valence-corrected chi connectivity index (χ1v) is 6.07. The monoisotopic (exact) mass is 247 g/mol. The molecule has 1 unspecified atom stereocenters. The molecule has 0 amide bonds. The quantitative estimate of drug-likeness (QED) is 0.878. The largest absolute Gasteiger partial charge is 0.494 e. The van der Waals surface area contributed by atoms with Crippen LogP contribution < -0.4 is 10.5 Å². The van der Waals surface area contributed by atoms with Gasteiger partial charge in [-0.05, 0) is 37.6 Å². The Morgan fingerprint density at radius 2 is 2.00 bits per heavy atom. The molecule has 0 saturated heterocycles. The molecule has 5 nitrogen and oxygen atoms in total. The normalized spacial score (nSPS) is 12.4. The van der Waals surface area contributed by atoms with Gasteiger partial charge in [0.2, 0.25) is 11.7 Å². The van der Waals surface area contributed by atoms with Gasteiger partial charge in [-0.15, -0.1) is 0 Å². The molecule has 0 spiro atoms. The lowest BCUT2D eigenvalue weighted by Gasteiger charge is -2.02. The van der Waals surface area contributed by atoms with Gasteiger partial charge in [0, 0.05) is 5.56 Å². The minimum absolute atomic E-state index is 0.200. The van der Waals surface area contributed by atoms with E-state index in [1.807, 2.05) is 38.1 Å². The molecule has 0 bridgehead atoms. The van der Waals surface area contributed by atoms with Gasteiger partial charge in [-0.25, -0.2) is 0 Å². The van der Waals surface area contributed by atoms with Crippen LogP contribution in [0.25, 0.3) is 11.4 Å². The second kappa shape index (κ2) is 5.64. The topological polar surface area (TPSA) is 74.2 Å². The van der Waals surface area contributed by atoms with Crippen molar-refractivity contribution < 1.29 is 9.26 Å². The Hall–Kier alpha value is -1.88. The number of nitrogens with zero attached hydrogens (tertiary/aromatic N) is 2. The lowest BCUT2D eigenvalue weighted by atomic mass is 10.2. The van der Waals surface area contributed by atoms with Crippen molar-refractivity contribution in [1.82, 2.24) is 10.1 Å². The molecule has 1 atom stereocenters. The number of benzene rings is 1. The number of ether oxygens (including phenoxy) is 1. The summed E-state index contributed by atoms with van der Waals surface area (Å²) in [5.41, 5.74) is 6.72. The van der Waals surface area contributed by atoms with Crippen LogP contribution in [0.4, 0.5) is 0 Å². The Balaban J connectivity index is 2.18. The first-order chi connectivity index (χ1) is 8.74. The lowest BCUT2D eigenvalue weighted by Crippen LogP contribution is -2.08. The standard InChI is InChI=1S/C13H17N3O2/c1-3-11(14)13-15-12(16-18-13)9-5-7-10(8-6-9)17-4-2/h5-8,11H,3-4,14H2,1-2H3. The molecule has 0 aliphatic rings. The van der Waals surface area contributed by atoms with Crippen molar-refractivity contribution in [3.8, 4) is 17.1 Å². The van der Waals surface area contributed by atoms with E-state index in [1.54, 1.807) is 0 Å². The molecule has 0 aliphatic carbocycles. The van der Waals surface area contributed by atoms with E-state index in [0.29, 0.717) is 18.3 Å². The number of rotatable bonds is 5. The predicted molar refractivity (Wildman–Crippen MR) is 68.1 cm³/mol. The van der Waals surface area contributed by atoms with Crippen molar-refractivity contribution in [3.63, 3.8) is 0 Å². The van der Waals surface area contributed by atoms with Gasteiger partial charge in [-0.2, -0.15) is 4.98 Å². The number of hydrogen-bond donors (Lipinski definition) is 1. The second-order valence-electron chi connectivity index (χ2n) is 3.93. The van der Waals surface area contributed by atoms with Gasteiger partial charge < -0.3 is 15.0 Å². The fourth-order valence-corrected chi connectivity index (χ4v) is 1.54. The highest BCUT2D eigenvalue weighted by atomic mass is 16.5. The van der Waals surface area contributed by atoms with Gasteiger partial charge in [0.05, 0.1) is 12.6 Å². The molecule has 0 aliphatic heterocycles. The van der Waals surface area contributed by atoms with E-state index in [2.05, 4.69) is 10.1 Å².